The van der Waals surface area contributed by atoms with Gasteiger partial charge in [0.25, 0.3) is 0 Å². The average molecular weight is 200 g/mol. The molecule has 0 radical (unpaired) electrons. The summed E-state index contributed by atoms with van der Waals surface area (Å²) in [6.45, 7) is 1.49. The number of hydrogen-bond donors (Lipinski definition) is 2. The number of rotatable bonds is 4. The van der Waals surface area contributed by atoms with Crippen LogP contribution < -0.4 is 0 Å². The molecule has 1 aliphatic carbocycles. The highest BCUT2D eigenvalue weighted by Gasteiger charge is 2.37. The first-order valence-electron chi connectivity index (χ1n) is 4.99. The van der Waals surface area contributed by atoms with Crippen molar-refractivity contribution in [2.75, 3.05) is 0 Å². The van der Waals surface area contributed by atoms with Gasteiger partial charge in [0.2, 0.25) is 0 Å². The van der Waals surface area contributed by atoms with Crippen molar-refractivity contribution in [1.29, 1.82) is 0 Å². The molecule has 2 atom stereocenters. The molecular formula is C10H16O4. The number of hydrogen-bond acceptors (Lipinski definition) is 2. The van der Waals surface area contributed by atoms with Gasteiger partial charge in [-0.25, -0.2) is 0 Å². The van der Waals surface area contributed by atoms with Gasteiger partial charge in [-0.1, -0.05) is 19.8 Å². The summed E-state index contributed by atoms with van der Waals surface area (Å²) in [7, 11) is 0. The van der Waals surface area contributed by atoms with Crippen LogP contribution in [0.25, 0.3) is 0 Å². The molecule has 0 aliphatic heterocycles. The van der Waals surface area contributed by atoms with E-state index < -0.39 is 23.8 Å². The minimum Gasteiger partial charge on any atom is -0.481 e. The third kappa shape index (κ3) is 2.25. The monoisotopic (exact) mass is 200 g/mol. The van der Waals surface area contributed by atoms with E-state index in [1.807, 2.05) is 0 Å². The number of aliphatic carboxylic acids is 2. The standard InChI is InChI=1S/C10H16O4/c1-6(9(11)12)8(10(13)14)7-4-2-3-5-7/h6-8H,2-5H2,1H3,(H,11,12)(H,13,14). The van der Waals surface area contributed by atoms with Crippen molar-refractivity contribution in [3.05, 3.63) is 0 Å². The van der Waals surface area contributed by atoms with Crippen LogP contribution in [0.2, 0.25) is 0 Å². The molecule has 0 amide bonds. The molecule has 1 rings (SSSR count). The molecule has 4 nitrogen and oxygen atoms in total. The zero-order valence-corrected chi connectivity index (χ0v) is 8.27. The minimum atomic E-state index is -1.01. The van der Waals surface area contributed by atoms with Crippen molar-refractivity contribution in [2.45, 2.75) is 32.6 Å². The second-order valence-corrected chi connectivity index (χ2v) is 4.04. The molecule has 80 valence electrons. The van der Waals surface area contributed by atoms with Gasteiger partial charge in [0, 0.05) is 0 Å². The van der Waals surface area contributed by atoms with Gasteiger partial charge in [-0.15, -0.1) is 0 Å². The summed E-state index contributed by atoms with van der Waals surface area (Å²) in [6, 6.07) is 0. The van der Waals surface area contributed by atoms with Crippen molar-refractivity contribution < 1.29 is 19.8 Å². The van der Waals surface area contributed by atoms with Gasteiger partial charge in [-0.05, 0) is 18.8 Å². The van der Waals surface area contributed by atoms with Crippen LogP contribution in [0.4, 0.5) is 0 Å². The van der Waals surface area contributed by atoms with E-state index in [4.69, 9.17) is 10.2 Å². The third-order valence-electron chi connectivity index (χ3n) is 3.12. The highest BCUT2D eigenvalue weighted by molar-refractivity contribution is 5.79. The Labute approximate surface area is 82.9 Å². The number of carboxylic acid groups (broad SMARTS) is 2. The Morgan fingerprint density at radius 1 is 1.14 bits per heavy atom. The van der Waals surface area contributed by atoms with Gasteiger partial charge in [0.15, 0.2) is 0 Å². The molecule has 1 aliphatic rings. The fourth-order valence-electron chi connectivity index (χ4n) is 2.29. The second kappa shape index (κ2) is 4.44. The van der Waals surface area contributed by atoms with E-state index in [1.54, 1.807) is 0 Å². The Balaban J connectivity index is 2.72. The van der Waals surface area contributed by atoms with Gasteiger partial charge in [-0.3, -0.25) is 9.59 Å². The van der Waals surface area contributed by atoms with E-state index in [0.717, 1.165) is 25.7 Å². The van der Waals surface area contributed by atoms with E-state index in [1.165, 1.54) is 6.92 Å². The van der Waals surface area contributed by atoms with E-state index in [-0.39, 0.29) is 5.92 Å². The van der Waals surface area contributed by atoms with Crippen molar-refractivity contribution in [3.8, 4) is 0 Å². The first-order valence-corrected chi connectivity index (χ1v) is 4.99. The lowest BCUT2D eigenvalue weighted by molar-refractivity contribution is -0.155. The highest BCUT2D eigenvalue weighted by Crippen LogP contribution is 2.35. The maximum absolute atomic E-state index is 11.0. The van der Waals surface area contributed by atoms with Crippen LogP contribution in [0.3, 0.4) is 0 Å². The molecule has 1 fully saturated rings. The summed E-state index contributed by atoms with van der Waals surface area (Å²) < 4.78 is 0. The lowest BCUT2D eigenvalue weighted by atomic mass is 9.81. The van der Waals surface area contributed by atoms with E-state index in [9.17, 15) is 9.59 Å². The fraction of sp³-hybridized carbons (Fsp3) is 0.800. The predicted octanol–water partition coefficient (Wildman–Crippen LogP) is 1.60. The summed E-state index contributed by atoms with van der Waals surface area (Å²) in [5.74, 6) is -3.42. The summed E-state index contributed by atoms with van der Waals surface area (Å²) in [6.07, 6.45) is 3.77. The zero-order chi connectivity index (χ0) is 10.7. The Kier molecular flexibility index (Phi) is 3.49. The van der Waals surface area contributed by atoms with Crippen LogP contribution in [-0.2, 0) is 9.59 Å². The zero-order valence-electron chi connectivity index (χ0n) is 8.27. The maximum Gasteiger partial charge on any atom is 0.307 e. The number of carboxylic acids is 2. The van der Waals surface area contributed by atoms with Crippen LogP contribution in [0.1, 0.15) is 32.6 Å². The van der Waals surface area contributed by atoms with Crippen LogP contribution in [0.15, 0.2) is 0 Å². The van der Waals surface area contributed by atoms with Gasteiger partial charge < -0.3 is 10.2 Å². The SMILES string of the molecule is CC(C(=O)O)C(C(=O)O)C1CCCC1. The molecule has 0 aromatic heterocycles. The Hall–Kier alpha value is -1.06. The van der Waals surface area contributed by atoms with Crippen molar-refractivity contribution in [1.82, 2.24) is 0 Å². The molecule has 4 heteroatoms. The van der Waals surface area contributed by atoms with Crippen LogP contribution in [-0.4, -0.2) is 22.2 Å². The Bertz CT molecular complexity index is 230. The van der Waals surface area contributed by atoms with E-state index >= 15 is 0 Å². The Morgan fingerprint density at radius 2 is 1.64 bits per heavy atom. The average Bonchev–Trinajstić information content (AvgIpc) is 2.56. The van der Waals surface area contributed by atoms with Crippen LogP contribution in [0, 0.1) is 17.8 Å². The molecule has 1 saturated carbocycles. The molecule has 0 aromatic rings. The fourth-order valence-corrected chi connectivity index (χ4v) is 2.29. The first kappa shape index (κ1) is 11.0. The maximum atomic E-state index is 11.0. The summed E-state index contributed by atoms with van der Waals surface area (Å²) >= 11 is 0. The van der Waals surface area contributed by atoms with Gasteiger partial charge in [0.1, 0.15) is 0 Å². The van der Waals surface area contributed by atoms with Crippen molar-refractivity contribution >= 4 is 11.9 Å². The smallest absolute Gasteiger partial charge is 0.307 e. The lowest BCUT2D eigenvalue weighted by Gasteiger charge is -2.22. The molecule has 0 heterocycles. The van der Waals surface area contributed by atoms with Crippen LogP contribution in [0.5, 0.6) is 0 Å². The van der Waals surface area contributed by atoms with Gasteiger partial charge >= 0.3 is 11.9 Å². The largest absolute Gasteiger partial charge is 0.481 e. The molecule has 0 spiro atoms. The van der Waals surface area contributed by atoms with E-state index in [2.05, 4.69) is 0 Å². The third-order valence-corrected chi connectivity index (χ3v) is 3.12. The van der Waals surface area contributed by atoms with Crippen LogP contribution >= 0.6 is 0 Å². The molecule has 0 saturated heterocycles. The lowest BCUT2D eigenvalue weighted by Crippen LogP contribution is -2.32. The summed E-state index contributed by atoms with van der Waals surface area (Å²) in [4.78, 5) is 21.7. The van der Waals surface area contributed by atoms with Gasteiger partial charge in [0.05, 0.1) is 11.8 Å². The van der Waals surface area contributed by atoms with Crippen molar-refractivity contribution in [3.63, 3.8) is 0 Å². The molecule has 14 heavy (non-hydrogen) atoms. The topological polar surface area (TPSA) is 74.6 Å². The van der Waals surface area contributed by atoms with Crippen molar-refractivity contribution in [2.24, 2.45) is 17.8 Å². The molecule has 2 N–H and O–H groups in total. The summed E-state index contributed by atoms with van der Waals surface area (Å²) in [5.41, 5.74) is 0. The molecule has 0 bridgehead atoms. The summed E-state index contributed by atoms with van der Waals surface area (Å²) in [5, 5.41) is 17.8. The van der Waals surface area contributed by atoms with Gasteiger partial charge in [-0.2, -0.15) is 0 Å². The quantitative estimate of drug-likeness (QED) is 0.722. The Morgan fingerprint density at radius 3 is 2.00 bits per heavy atom. The second-order valence-electron chi connectivity index (χ2n) is 4.04. The molecular weight excluding hydrogens is 184 g/mol. The number of carbonyl (C=O) groups is 2. The molecule has 0 aromatic carbocycles. The molecule has 2 unspecified atom stereocenters. The first-order chi connectivity index (χ1) is 6.54. The normalized spacial score (nSPS) is 21.8. The highest BCUT2D eigenvalue weighted by atomic mass is 16.4. The predicted molar refractivity (Wildman–Crippen MR) is 49.9 cm³/mol. The minimum absolute atomic E-state index is 0.0543. The van der Waals surface area contributed by atoms with E-state index in [0.29, 0.717) is 0 Å².